The number of fused-ring (bicyclic) bond motifs is 1. The fourth-order valence-electron chi connectivity index (χ4n) is 6.24. The normalized spacial score (nSPS) is 19.5. The number of hydrogen-bond acceptors (Lipinski definition) is 7. The maximum absolute atomic E-state index is 13.4. The van der Waals surface area contributed by atoms with E-state index in [-0.39, 0.29) is 55.6 Å². The maximum atomic E-state index is 13.4. The molecule has 0 radical (unpaired) electrons. The zero-order chi connectivity index (χ0) is 31.1. The molecule has 12 nitrogen and oxygen atoms in total. The summed E-state index contributed by atoms with van der Waals surface area (Å²) in [5.41, 5.74) is 14.4. The van der Waals surface area contributed by atoms with E-state index in [1.165, 1.54) is 5.69 Å². The number of ether oxygens (including phenoxy) is 1. The van der Waals surface area contributed by atoms with Crippen molar-refractivity contribution >= 4 is 40.4 Å². The van der Waals surface area contributed by atoms with Crippen LogP contribution in [0.25, 0.3) is 10.9 Å². The van der Waals surface area contributed by atoms with Crippen molar-refractivity contribution in [3.05, 3.63) is 35.5 Å². The SMILES string of the molecule is CCOC(=O)[C@@H](N)CCC(=O)N[C@H]1CCCN(CC(=O)N2CCC[C@H]2CCc2cc3ccc(C(=N)N)cc3n2CC)C1=O. The number of likely N-dealkylation sites (tertiary alicyclic amines) is 2. The molecule has 4 rings (SSSR count). The molecule has 0 saturated carbocycles. The average molecular weight is 596 g/mol. The van der Waals surface area contributed by atoms with E-state index in [9.17, 15) is 19.2 Å². The van der Waals surface area contributed by atoms with Gasteiger partial charge in [-0.15, -0.1) is 0 Å². The smallest absolute Gasteiger partial charge is 0.322 e. The fraction of sp³-hybridized carbons (Fsp3) is 0.581. The van der Waals surface area contributed by atoms with Crippen LogP contribution in [0.15, 0.2) is 24.3 Å². The van der Waals surface area contributed by atoms with Crippen molar-refractivity contribution in [2.75, 3.05) is 26.2 Å². The molecule has 234 valence electrons. The molecule has 2 aliphatic rings. The molecule has 12 heteroatoms. The molecule has 0 spiro atoms. The Morgan fingerprint density at radius 3 is 2.63 bits per heavy atom. The minimum absolute atomic E-state index is 0.00151. The summed E-state index contributed by atoms with van der Waals surface area (Å²) in [5, 5.41) is 11.6. The number of aryl methyl sites for hydroxylation is 2. The molecule has 3 amide bonds. The van der Waals surface area contributed by atoms with Crippen LogP contribution in [-0.4, -0.2) is 88.3 Å². The molecular formula is C31H45N7O5. The van der Waals surface area contributed by atoms with Gasteiger partial charge >= 0.3 is 5.97 Å². The number of hydrogen-bond donors (Lipinski definition) is 4. The first-order valence-electron chi connectivity index (χ1n) is 15.4. The number of carbonyl (C=O) groups excluding carboxylic acids is 4. The summed E-state index contributed by atoms with van der Waals surface area (Å²) >= 11 is 0. The molecular weight excluding hydrogens is 550 g/mol. The monoisotopic (exact) mass is 595 g/mol. The molecule has 0 unspecified atom stereocenters. The quantitative estimate of drug-likeness (QED) is 0.155. The Hall–Kier alpha value is -3.93. The Bertz CT molecular complexity index is 1360. The standard InChI is InChI=1S/C31H45N7O5/c1-3-37-23(17-20-9-10-21(29(33)34)18-26(20)37)12-11-22-7-5-16-38(22)28(40)19-36-15-6-8-25(30(36)41)35-27(39)14-13-24(32)31(42)43-4-2/h9-10,17-18,22,24-25H,3-8,11-16,19,32H2,1-2H3,(H3,33,34)(H,35,39)/t22-,24-,25-/m0/s1. The highest BCUT2D eigenvalue weighted by Crippen LogP contribution is 2.26. The highest BCUT2D eigenvalue weighted by Gasteiger charge is 2.34. The third-order valence-corrected chi connectivity index (χ3v) is 8.51. The summed E-state index contributed by atoms with van der Waals surface area (Å²) < 4.78 is 7.12. The van der Waals surface area contributed by atoms with E-state index in [1.807, 2.05) is 23.1 Å². The molecule has 43 heavy (non-hydrogen) atoms. The van der Waals surface area contributed by atoms with Gasteiger partial charge in [-0.1, -0.05) is 12.1 Å². The first kappa shape index (κ1) is 32.0. The van der Waals surface area contributed by atoms with E-state index >= 15 is 0 Å². The number of aromatic nitrogens is 1. The van der Waals surface area contributed by atoms with Crippen LogP contribution in [0, 0.1) is 5.41 Å². The van der Waals surface area contributed by atoms with Gasteiger partial charge in [0, 0.05) is 48.9 Å². The first-order valence-corrected chi connectivity index (χ1v) is 15.4. The summed E-state index contributed by atoms with van der Waals surface area (Å²) in [4.78, 5) is 54.2. The van der Waals surface area contributed by atoms with E-state index in [0.717, 1.165) is 43.1 Å². The van der Waals surface area contributed by atoms with Crippen LogP contribution in [-0.2, 0) is 36.9 Å². The molecule has 3 atom stereocenters. The number of esters is 1. The highest BCUT2D eigenvalue weighted by molar-refractivity contribution is 5.98. The Morgan fingerprint density at radius 2 is 1.91 bits per heavy atom. The number of amides is 3. The predicted octanol–water partition coefficient (Wildman–Crippen LogP) is 1.65. The highest BCUT2D eigenvalue weighted by atomic mass is 16.5. The van der Waals surface area contributed by atoms with Gasteiger partial charge in [-0.25, -0.2) is 0 Å². The molecule has 0 bridgehead atoms. The van der Waals surface area contributed by atoms with Gasteiger partial charge in [0.05, 0.1) is 13.2 Å². The number of nitrogens with two attached hydrogens (primary N) is 2. The van der Waals surface area contributed by atoms with Crippen molar-refractivity contribution < 1.29 is 23.9 Å². The Balaban J connectivity index is 1.31. The van der Waals surface area contributed by atoms with E-state index in [4.69, 9.17) is 21.6 Å². The van der Waals surface area contributed by atoms with Crippen LogP contribution in [0.2, 0.25) is 0 Å². The van der Waals surface area contributed by atoms with Gasteiger partial charge in [-0.05, 0) is 76.3 Å². The second-order valence-electron chi connectivity index (χ2n) is 11.4. The molecule has 1 aromatic heterocycles. The van der Waals surface area contributed by atoms with E-state index in [0.29, 0.717) is 31.5 Å². The van der Waals surface area contributed by atoms with Gasteiger partial charge in [0.25, 0.3) is 0 Å². The molecule has 2 aromatic rings. The topological polar surface area (TPSA) is 177 Å². The number of rotatable bonds is 13. The lowest BCUT2D eigenvalue weighted by molar-refractivity contribution is -0.145. The van der Waals surface area contributed by atoms with E-state index < -0.39 is 18.1 Å². The third-order valence-electron chi connectivity index (χ3n) is 8.51. The van der Waals surface area contributed by atoms with Gasteiger partial charge in [-0.2, -0.15) is 0 Å². The Labute approximate surface area is 252 Å². The third kappa shape index (κ3) is 7.73. The van der Waals surface area contributed by atoms with Crippen LogP contribution in [0.1, 0.15) is 70.1 Å². The lowest BCUT2D eigenvalue weighted by atomic mass is 10.0. The Kier molecular flexibility index (Phi) is 10.8. The van der Waals surface area contributed by atoms with Gasteiger partial charge in [0.1, 0.15) is 17.9 Å². The summed E-state index contributed by atoms with van der Waals surface area (Å²) in [6, 6.07) is 6.52. The van der Waals surface area contributed by atoms with Crippen LogP contribution < -0.4 is 16.8 Å². The van der Waals surface area contributed by atoms with Crippen molar-refractivity contribution in [3.63, 3.8) is 0 Å². The second kappa shape index (κ2) is 14.5. The maximum Gasteiger partial charge on any atom is 0.322 e. The van der Waals surface area contributed by atoms with Crippen LogP contribution in [0.4, 0.5) is 0 Å². The molecule has 6 N–H and O–H groups in total. The summed E-state index contributed by atoms with van der Waals surface area (Å²) in [7, 11) is 0. The van der Waals surface area contributed by atoms with Crippen LogP contribution >= 0.6 is 0 Å². The number of nitrogens with zero attached hydrogens (tertiary/aromatic N) is 3. The molecule has 2 fully saturated rings. The minimum Gasteiger partial charge on any atom is -0.465 e. The van der Waals surface area contributed by atoms with Crippen molar-refractivity contribution in [2.45, 2.75) is 89.9 Å². The van der Waals surface area contributed by atoms with Crippen LogP contribution in [0.5, 0.6) is 0 Å². The Morgan fingerprint density at radius 1 is 1.14 bits per heavy atom. The lowest BCUT2D eigenvalue weighted by Crippen LogP contribution is -2.55. The van der Waals surface area contributed by atoms with Gasteiger partial charge < -0.3 is 35.9 Å². The predicted molar refractivity (Wildman–Crippen MR) is 163 cm³/mol. The van der Waals surface area contributed by atoms with Crippen molar-refractivity contribution in [2.24, 2.45) is 11.5 Å². The largest absolute Gasteiger partial charge is 0.465 e. The zero-order valence-corrected chi connectivity index (χ0v) is 25.3. The number of benzene rings is 1. The molecule has 2 aliphatic heterocycles. The van der Waals surface area contributed by atoms with Crippen molar-refractivity contribution in [3.8, 4) is 0 Å². The number of amidine groups is 1. The molecule has 2 saturated heterocycles. The molecule has 3 heterocycles. The summed E-state index contributed by atoms with van der Waals surface area (Å²) in [5.74, 6) is -1.18. The molecule has 1 aromatic carbocycles. The number of piperidine rings is 1. The molecule has 0 aliphatic carbocycles. The lowest BCUT2D eigenvalue weighted by Gasteiger charge is -2.34. The number of nitrogens with one attached hydrogen (secondary N) is 2. The van der Waals surface area contributed by atoms with Crippen LogP contribution in [0.3, 0.4) is 0 Å². The minimum atomic E-state index is -0.889. The van der Waals surface area contributed by atoms with Gasteiger partial charge in [0.2, 0.25) is 17.7 Å². The number of nitrogen functional groups attached to an aromatic ring is 1. The van der Waals surface area contributed by atoms with Crippen molar-refractivity contribution in [1.29, 1.82) is 5.41 Å². The average Bonchev–Trinajstić information content (AvgIpc) is 3.60. The summed E-state index contributed by atoms with van der Waals surface area (Å²) in [6.07, 6.45) is 4.80. The summed E-state index contributed by atoms with van der Waals surface area (Å²) in [6.45, 7) is 5.94. The van der Waals surface area contributed by atoms with Gasteiger partial charge in [-0.3, -0.25) is 24.6 Å². The van der Waals surface area contributed by atoms with E-state index in [2.05, 4.69) is 22.9 Å². The van der Waals surface area contributed by atoms with Crippen molar-refractivity contribution in [1.82, 2.24) is 19.7 Å². The van der Waals surface area contributed by atoms with E-state index in [1.54, 1.807) is 11.8 Å². The zero-order valence-electron chi connectivity index (χ0n) is 25.3. The number of carbonyl (C=O) groups is 4. The second-order valence-corrected chi connectivity index (χ2v) is 11.4. The first-order chi connectivity index (χ1) is 20.6. The van der Waals surface area contributed by atoms with Gasteiger partial charge in [0.15, 0.2) is 0 Å². The fourth-order valence-corrected chi connectivity index (χ4v) is 6.24.